The van der Waals surface area contributed by atoms with Gasteiger partial charge in [0.2, 0.25) is 5.91 Å². The van der Waals surface area contributed by atoms with E-state index in [4.69, 9.17) is 0 Å². The van der Waals surface area contributed by atoms with E-state index in [1.165, 1.54) is 18.2 Å². The molecule has 0 aromatic heterocycles. The minimum Gasteiger partial charge on any atom is -0.335 e. The summed E-state index contributed by atoms with van der Waals surface area (Å²) in [4.78, 5) is 52.9. The Balaban J connectivity index is 1.64. The number of nitro benzene ring substituents is 1. The molecule has 8 heteroatoms. The van der Waals surface area contributed by atoms with E-state index >= 15 is 0 Å². The molecule has 2 saturated carbocycles. The molecule has 1 heterocycles. The lowest BCUT2D eigenvalue weighted by molar-refractivity contribution is -0.385. The predicted octanol–water partition coefficient (Wildman–Crippen LogP) is 3.29. The van der Waals surface area contributed by atoms with Crippen molar-refractivity contribution in [1.82, 2.24) is 9.80 Å². The molecule has 3 aliphatic rings. The summed E-state index contributed by atoms with van der Waals surface area (Å²) >= 11 is 0. The van der Waals surface area contributed by atoms with Gasteiger partial charge in [-0.05, 0) is 38.7 Å². The number of fused-ring (bicyclic) bond motifs is 1. The number of hydrogen-bond donors (Lipinski definition) is 0. The molecular weight excluding hydrogens is 374 g/mol. The summed E-state index contributed by atoms with van der Waals surface area (Å²) in [6, 6.07) is 3.33. The van der Waals surface area contributed by atoms with Crippen molar-refractivity contribution < 1.29 is 19.3 Å². The number of benzene rings is 1. The SMILES string of the molecule is CC(C(=O)N(C1CCCC1)C1CCCC1)N1C(=O)c2cccc([N+](=O)[O-])c2C1=O. The predicted molar refractivity (Wildman–Crippen MR) is 104 cm³/mol. The molecule has 0 N–H and O–H groups in total. The van der Waals surface area contributed by atoms with Gasteiger partial charge in [-0.25, -0.2) is 0 Å². The van der Waals surface area contributed by atoms with Gasteiger partial charge in [0.25, 0.3) is 17.5 Å². The fraction of sp³-hybridized carbons (Fsp3) is 0.571. The maximum Gasteiger partial charge on any atom is 0.282 e. The quantitative estimate of drug-likeness (QED) is 0.430. The number of carbonyl (C=O) groups excluding carboxylic acids is 3. The summed E-state index contributed by atoms with van der Waals surface area (Å²) in [5.74, 6) is -1.61. The molecule has 0 spiro atoms. The second-order valence-corrected chi connectivity index (χ2v) is 8.24. The van der Waals surface area contributed by atoms with Crippen LogP contribution in [0.2, 0.25) is 0 Å². The Hall–Kier alpha value is -2.77. The minimum absolute atomic E-state index is 0.00265. The molecule has 0 bridgehead atoms. The van der Waals surface area contributed by atoms with Crippen molar-refractivity contribution in [2.24, 2.45) is 0 Å². The van der Waals surface area contributed by atoms with Gasteiger partial charge in [0.1, 0.15) is 11.6 Å². The Kier molecular flexibility index (Phi) is 5.10. The summed E-state index contributed by atoms with van der Waals surface area (Å²) in [5.41, 5.74) is -0.612. The summed E-state index contributed by atoms with van der Waals surface area (Å²) < 4.78 is 0. The molecule has 0 saturated heterocycles. The number of hydrogen-bond acceptors (Lipinski definition) is 5. The fourth-order valence-electron chi connectivity index (χ4n) is 5.14. The number of rotatable bonds is 5. The van der Waals surface area contributed by atoms with Crippen LogP contribution in [-0.2, 0) is 4.79 Å². The molecule has 29 heavy (non-hydrogen) atoms. The second-order valence-electron chi connectivity index (χ2n) is 8.24. The van der Waals surface area contributed by atoms with Gasteiger partial charge in [0, 0.05) is 18.2 Å². The van der Waals surface area contributed by atoms with E-state index in [0.29, 0.717) is 0 Å². The van der Waals surface area contributed by atoms with Crippen molar-refractivity contribution in [1.29, 1.82) is 0 Å². The third kappa shape index (κ3) is 3.20. The van der Waals surface area contributed by atoms with E-state index in [9.17, 15) is 24.5 Å². The lowest BCUT2D eigenvalue weighted by Crippen LogP contribution is -2.54. The molecule has 1 aliphatic heterocycles. The number of carbonyl (C=O) groups is 3. The van der Waals surface area contributed by atoms with Crippen LogP contribution >= 0.6 is 0 Å². The molecule has 1 unspecified atom stereocenters. The number of amides is 3. The van der Waals surface area contributed by atoms with Crippen molar-refractivity contribution >= 4 is 23.4 Å². The average Bonchev–Trinajstić information content (AvgIpc) is 3.45. The van der Waals surface area contributed by atoms with Gasteiger partial charge >= 0.3 is 0 Å². The highest BCUT2D eigenvalue weighted by molar-refractivity contribution is 6.24. The topological polar surface area (TPSA) is 101 Å². The maximum atomic E-state index is 13.5. The van der Waals surface area contributed by atoms with Gasteiger partial charge in [-0.2, -0.15) is 0 Å². The van der Waals surface area contributed by atoms with E-state index < -0.39 is 28.5 Å². The molecule has 4 rings (SSSR count). The smallest absolute Gasteiger partial charge is 0.282 e. The Morgan fingerprint density at radius 1 is 1.07 bits per heavy atom. The Morgan fingerprint density at radius 2 is 1.62 bits per heavy atom. The highest BCUT2D eigenvalue weighted by Crippen LogP contribution is 2.35. The van der Waals surface area contributed by atoms with Gasteiger partial charge in [-0.3, -0.25) is 29.4 Å². The first-order valence-electron chi connectivity index (χ1n) is 10.4. The number of imide groups is 1. The zero-order chi connectivity index (χ0) is 20.7. The van der Waals surface area contributed by atoms with Crippen LogP contribution < -0.4 is 0 Å². The molecule has 1 aromatic rings. The van der Waals surface area contributed by atoms with Crippen molar-refractivity contribution in [2.45, 2.75) is 76.4 Å². The average molecular weight is 399 g/mol. The fourth-order valence-corrected chi connectivity index (χ4v) is 5.14. The summed E-state index contributed by atoms with van der Waals surface area (Å²) in [5, 5.41) is 11.3. The first-order valence-corrected chi connectivity index (χ1v) is 10.4. The van der Waals surface area contributed by atoms with E-state index in [-0.39, 0.29) is 29.1 Å². The molecule has 1 aromatic carbocycles. The van der Waals surface area contributed by atoms with Gasteiger partial charge in [0.15, 0.2) is 0 Å². The molecule has 0 radical (unpaired) electrons. The van der Waals surface area contributed by atoms with Crippen molar-refractivity contribution in [3.8, 4) is 0 Å². The third-order valence-corrected chi connectivity index (χ3v) is 6.56. The van der Waals surface area contributed by atoms with Gasteiger partial charge in [-0.15, -0.1) is 0 Å². The molecule has 3 amide bonds. The van der Waals surface area contributed by atoms with E-state index in [0.717, 1.165) is 56.3 Å². The van der Waals surface area contributed by atoms with Crippen LogP contribution in [0.25, 0.3) is 0 Å². The van der Waals surface area contributed by atoms with Crippen LogP contribution in [0.5, 0.6) is 0 Å². The van der Waals surface area contributed by atoms with Crippen LogP contribution in [0.1, 0.15) is 79.0 Å². The van der Waals surface area contributed by atoms with Crippen LogP contribution in [0.4, 0.5) is 5.69 Å². The van der Waals surface area contributed by atoms with Gasteiger partial charge < -0.3 is 4.90 Å². The van der Waals surface area contributed by atoms with Crippen molar-refractivity contribution in [3.63, 3.8) is 0 Å². The molecule has 154 valence electrons. The maximum absolute atomic E-state index is 13.5. The minimum atomic E-state index is -0.983. The summed E-state index contributed by atoms with van der Waals surface area (Å²) in [6.07, 6.45) is 8.10. The first-order chi connectivity index (χ1) is 13.9. The Bertz CT molecular complexity index is 855. The first kappa shape index (κ1) is 19.5. The molecule has 2 fully saturated rings. The number of nitrogens with zero attached hydrogens (tertiary/aromatic N) is 3. The lowest BCUT2D eigenvalue weighted by Gasteiger charge is -2.38. The van der Waals surface area contributed by atoms with Crippen molar-refractivity contribution in [3.05, 3.63) is 39.4 Å². The third-order valence-electron chi connectivity index (χ3n) is 6.56. The van der Waals surface area contributed by atoms with E-state index in [1.54, 1.807) is 6.92 Å². The molecular formula is C21H25N3O5. The zero-order valence-electron chi connectivity index (χ0n) is 16.5. The second kappa shape index (κ2) is 7.57. The van der Waals surface area contributed by atoms with Crippen LogP contribution in [0, 0.1) is 10.1 Å². The summed E-state index contributed by atoms with van der Waals surface area (Å²) in [7, 11) is 0. The Morgan fingerprint density at radius 3 is 2.14 bits per heavy atom. The van der Waals surface area contributed by atoms with Crippen LogP contribution in [0.15, 0.2) is 18.2 Å². The highest BCUT2D eigenvalue weighted by atomic mass is 16.6. The Labute approximate surface area is 169 Å². The van der Waals surface area contributed by atoms with Crippen LogP contribution in [-0.4, -0.2) is 50.6 Å². The van der Waals surface area contributed by atoms with E-state index in [1.807, 2.05) is 4.90 Å². The molecule has 8 nitrogen and oxygen atoms in total. The normalized spacial score (nSPS) is 20.9. The highest BCUT2D eigenvalue weighted by Gasteiger charge is 2.47. The zero-order valence-corrected chi connectivity index (χ0v) is 16.5. The van der Waals surface area contributed by atoms with Gasteiger partial charge in [0.05, 0.1) is 10.5 Å². The number of nitro groups is 1. The van der Waals surface area contributed by atoms with Crippen molar-refractivity contribution in [2.75, 3.05) is 0 Å². The molecule has 1 atom stereocenters. The largest absolute Gasteiger partial charge is 0.335 e. The molecule has 2 aliphatic carbocycles. The van der Waals surface area contributed by atoms with Gasteiger partial charge in [-0.1, -0.05) is 31.7 Å². The standard InChI is InChI=1S/C21H25N3O5/c1-13(19(25)23(14-7-2-3-8-14)15-9-4-5-10-15)22-20(26)16-11-6-12-17(24(28)29)18(16)21(22)27/h6,11-15H,2-5,7-10H2,1H3. The monoisotopic (exact) mass is 399 g/mol. The van der Waals surface area contributed by atoms with E-state index in [2.05, 4.69) is 0 Å². The summed E-state index contributed by atoms with van der Waals surface area (Å²) in [6.45, 7) is 1.56. The lowest BCUT2D eigenvalue weighted by atomic mass is 10.1. The van der Waals surface area contributed by atoms with Crippen LogP contribution in [0.3, 0.4) is 0 Å².